The maximum Gasteiger partial charge on any atom is 0.308 e. The molecule has 8 heteroatoms. The first-order chi connectivity index (χ1) is 13.6. The molecule has 2 heterocycles. The van der Waals surface area contributed by atoms with Crippen LogP contribution in [0.3, 0.4) is 0 Å². The molecule has 2 fully saturated rings. The molecule has 2 aromatic rings. The number of aliphatic carboxylic acids is 2. The molecule has 0 unspecified atom stereocenters. The minimum Gasteiger partial charge on any atom is -0.481 e. The summed E-state index contributed by atoms with van der Waals surface area (Å²) in [5, 5.41) is 24.5. The fourth-order valence-corrected chi connectivity index (χ4v) is 3.96. The summed E-state index contributed by atoms with van der Waals surface area (Å²) < 4.78 is 0. The summed E-state index contributed by atoms with van der Waals surface area (Å²) in [4.78, 5) is 21.9. The molecule has 30 heavy (non-hydrogen) atoms. The minimum absolute atomic E-state index is 0. The van der Waals surface area contributed by atoms with Gasteiger partial charge in [0.15, 0.2) is 0 Å². The van der Waals surface area contributed by atoms with Crippen molar-refractivity contribution in [3.63, 3.8) is 0 Å². The third kappa shape index (κ3) is 6.44. The average molecular weight is 455 g/mol. The molecule has 2 saturated heterocycles. The molecule has 0 spiro atoms. The van der Waals surface area contributed by atoms with Crippen molar-refractivity contribution in [2.45, 2.75) is 24.9 Å². The van der Waals surface area contributed by atoms with E-state index in [9.17, 15) is 9.59 Å². The molecular formula is C22H28Cl2N2O4. The smallest absolute Gasteiger partial charge is 0.308 e. The highest BCUT2D eigenvalue weighted by molar-refractivity contribution is 5.85. The molecular weight excluding hydrogens is 427 g/mol. The predicted octanol–water partition coefficient (Wildman–Crippen LogP) is 3.69. The van der Waals surface area contributed by atoms with Crippen LogP contribution < -0.4 is 10.6 Å². The average Bonchev–Trinajstić information content (AvgIpc) is 3.40. The molecule has 0 amide bonds. The minimum atomic E-state index is -0.705. The number of hydrogen-bond donors (Lipinski definition) is 4. The Labute approximate surface area is 188 Å². The van der Waals surface area contributed by atoms with E-state index in [1.807, 2.05) is 60.7 Å². The lowest BCUT2D eigenvalue weighted by molar-refractivity contribution is -0.143. The summed E-state index contributed by atoms with van der Waals surface area (Å²) in [7, 11) is 0. The molecule has 2 aliphatic rings. The highest BCUT2D eigenvalue weighted by atomic mass is 35.5. The summed E-state index contributed by atoms with van der Waals surface area (Å²) in [5.74, 6) is -1.97. The van der Waals surface area contributed by atoms with Crippen LogP contribution in [0.15, 0.2) is 60.7 Å². The zero-order valence-electron chi connectivity index (χ0n) is 16.4. The van der Waals surface area contributed by atoms with Gasteiger partial charge in [0.25, 0.3) is 0 Å². The Hall–Kier alpha value is -2.12. The number of carboxylic acids is 2. The van der Waals surface area contributed by atoms with Crippen molar-refractivity contribution in [2.24, 2.45) is 11.8 Å². The lowest BCUT2D eigenvalue weighted by Gasteiger charge is -2.15. The predicted molar refractivity (Wildman–Crippen MR) is 120 cm³/mol. The van der Waals surface area contributed by atoms with E-state index < -0.39 is 11.9 Å². The largest absolute Gasteiger partial charge is 0.481 e. The number of hydrogen-bond acceptors (Lipinski definition) is 4. The highest BCUT2D eigenvalue weighted by Crippen LogP contribution is 2.30. The van der Waals surface area contributed by atoms with Crippen LogP contribution in [-0.2, 0) is 9.59 Å². The van der Waals surface area contributed by atoms with Gasteiger partial charge in [0.1, 0.15) is 0 Å². The number of benzene rings is 2. The van der Waals surface area contributed by atoms with Gasteiger partial charge in [-0.2, -0.15) is 0 Å². The fraction of sp³-hybridized carbons (Fsp3) is 0.364. The van der Waals surface area contributed by atoms with Gasteiger partial charge < -0.3 is 20.8 Å². The second kappa shape index (κ2) is 12.5. The quantitative estimate of drug-likeness (QED) is 0.562. The monoisotopic (exact) mass is 454 g/mol. The summed E-state index contributed by atoms with van der Waals surface area (Å²) >= 11 is 0. The van der Waals surface area contributed by atoms with E-state index in [-0.39, 0.29) is 48.7 Å². The fourth-order valence-electron chi connectivity index (χ4n) is 3.96. The summed E-state index contributed by atoms with van der Waals surface area (Å²) in [6.45, 7) is 1.58. The Bertz CT molecular complexity index is 725. The third-order valence-corrected chi connectivity index (χ3v) is 5.40. The van der Waals surface area contributed by atoms with Crippen molar-refractivity contribution < 1.29 is 19.8 Å². The van der Waals surface area contributed by atoms with Crippen molar-refractivity contribution in [1.29, 1.82) is 0 Å². The van der Waals surface area contributed by atoms with E-state index in [0.29, 0.717) is 0 Å². The number of halogens is 2. The van der Waals surface area contributed by atoms with Crippen LogP contribution in [0.5, 0.6) is 0 Å². The van der Waals surface area contributed by atoms with Gasteiger partial charge in [-0.05, 0) is 37.1 Å². The lowest BCUT2D eigenvalue weighted by atomic mass is 9.94. The Balaban J connectivity index is 0.000000281. The van der Waals surface area contributed by atoms with Gasteiger partial charge in [-0.1, -0.05) is 60.7 Å². The maximum atomic E-state index is 10.9. The molecule has 0 bridgehead atoms. The normalized spacial score (nSPS) is 24.5. The molecule has 6 nitrogen and oxygen atoms in total. The van der Waals surface area contributed by atoms with Gasteiger partial charge in [0, 0.05) is 12.1 Å². The van der Waals surface area contributed by atoms with Crippen LogP contribution >= 0.6 is 24.8 Å². The van der Waals surface area contributed by atoms with Gasteiger partial charge in [-0.3, -0.25) is 9.59 Å². The molecule has 0 aliphatic carbocycles. The molecule has 0 saturated carbocycles. The van der Waals surface area contributed by atoms with Gasteiger partial charge >= 0.3 is 11.9 Å². The van der Waals surface area contributed by atoms with E-state index in [4.69, 9.17) is 10.2 Å². The molecule has 4 rings (SSSR count). The summed E-state index contributed by atoms with van der Waals surface area (Å²) in [5.41, 5.74) is 2.13. The molecule has 4 atom stereocenters. The molecule has 2 aliphatic heterocycles. The lowest BCUT2D eigenvalue weighted by Crippen LogP contribution is -2.23. The zero-order valence-corrected chi connectivity index (χ0v) is 18.1. The molecule has 4 N–H and O–H groups in total. The van der Waals surface area contributed by atoms with Crippen molar-refractivity contribution in [3.8, 4) is 0 Å². The van der Waals surface area contributed by atoms with E-state index in [1.165, 1.54) is 0 Å². The van der Waals surface area contributed by atoms with E-state index in [0.717, 1.165) is 37.1 Å². The Morgan fingerprint density at radius 2 is 1.00 bits per heavy atom. The standard InChI is InChI=1S/2C11H13NO2.2ClH/c2*13-11(14)9-6-7-12-10(9)8-4-2-1-3-5-8;;/h2*1-5,9-10,12H,6-7H2,(H,13,14);2*1H/t2*9-,10+;;/m10../s1. The first-order valence-corrected chi connectivity index (χ1v) is 9.60. The van der Waals surface area contributed by atoms with Gasteiger partial charge in [0.2, 0.25) is 0 Å². The van der Waals surface area contributed by atoms with Crippen molar-refractivity contribution in [1.82, 2.24) is 10.6 Å². The summed E-state index contributed by atoms with van der Waals surface area (Å²) in [6.07, 6.45) is 1.43. The van der Waals surface area contributed by atoms with E-state index in [2.05, 4.69) is 10.6 Å². The second-order valence-corrected chi connectivity index (χ2v) is 7.15. The molecule has 0 radical (unpaired) electrons. The third-order valence-electron chi connectivity index (χ3n) is 5.40. The highest BCUT2D eigenvalue weighted by Gasteiger charge is 2.34. The Morgan fingerprint density at radius 3 is 1.30 bits per heavy atom. The van der Waals surface area contributed by atoms with Crippen LogP contribution in [0.25, 0.3) is 0 Å². The van der Waals surface area contributed by atoms with Gasteiger partial charge in [-0.15, -0.1) is 24.8 Å². The topological polar surface area (TPSA) is 98.7 Å². The zero-order chi connectivity index (χ0) is 19.9. The van der Waals surface area contributed by atoms with Gasteiger partial charge in [0.05, 0.1) is 11.8 Å². The first kappa shape index (κ1) is 25.9. The van der Waals surface area contributed by atoms with Crippen LogP contribution in [0, 0.1) is 11.8 Å². The number of nitrogens with one attached hydrogen (secondary N) is 2. The number of carboxylic acid groups (broad SMARTS) is 2. The molecule has 2 aromatic carbocycles. The van der Waals surface area contributed by atoms with Crippen LogP contribution in [0.2, 0.25) is 0 Å². The van der Waals surface area contributed by atoms with Crippen LogP contribution in [0.1, 0.15) is 36.1 Å². The van der Waals surface area contributed by atoms with Crippen LogP contribution in [0.4, 0.5) is 0 Å². The van der Waals surface area contributed by atoms with Crippen molar-refractivity contribution in [2.75, 3.05) is 13.1 Å². The van der Waals surface area contributed by atoms with Gasteiger partial charge in [-0.25, -0.2) is 0 Å². The van der Waals surface area contributed by atoms with Crippen molar-refractivity contribution in [3.05, 3.63) is 71.8 Å². The second-order valence-electron chi connectivity index (χ2n) is 7.15. The summed E-state index contributed by atoms with van der Waals surface area (Å²) in [6, 6.07) is 19.5. The van der Waals surface area contributed by atoms with Crippen LogP contribution in [-0.4, -0.2) is 35.2 Å². The van der Waals surface area contributed by atoms with E-state index in [1.54, 1.807) is 0 Å². The Kier molecular flexibility index (Phi) is 10.8. The molecule has 164 valence electrons. The first-order valence-electron chi connectivity index (χ1n) is 9.60. The number of carbonyl (C=O) groups is 2. The SMILES string of the molecule is Cl.Cl.O=C(O)[C@@H]1CCN[C@H]1c1ccccc1.O=C(O)[C@H]1CCN[C@@H]1c1ccccc1. The van der Waals surface area contributed by atoms with Crippen molar-refractivity contribution >= 4 is 36.8 Å². The number of rotatable bonds is 4. The Morgan fingerprint density at radius 1 is 0.667 bits per heavy atom. The van der Waals surface area contributed by atoms with E-state index >= 15 is 0 Å². The molecule has 0 aromatic heterocycles. The maximum absolute atomic E-state index is 10.9.